The summed E-state index contributed by atoms with van der Waals surface area (Å²) < 4.78 is 19.6. The summed E-state index contributed by atoms with van der Waals surface area (Å²) in [4.78, 5) is 24.7. The summed E-state index contributed by atoms with van der Waals surface area (Å²) in [5, 5.41) is 33.5. The molecule has 0 aromatic heterocycles. The molecular formula is C21H28FNO6. The summed E-state index contributed by atoms with van der Waals surface area (Å²) in [5.41, 5.74) is 1.15. The first-order valence-electron chi connectivity index (χ1n) is 9.74. The van der Waals surface area contributed by atoms with Crippen LogP contribution in [0.15, 0.2) is 24.0 Å². The predicted octanol–water partition coefficient (Wildman–Crippen LogP) is 2.49. The van der Waals surface area contributed by atoms with E-state index in [1.165, 1.54) is 13.0 Å². The molecule has 1 heterocycles. The number of aliphatic hydroxyl groups excluding tert-OH is 2. The lowest BCUT2D eigenvalue weighted by molar-refractivity contribution is -0.130. The number of nitrogens with one attached hydrogen (secondary N) is 1. The summed E-state index contributed by atoms with van der Waals surface area (Å²) in [6.07, 6.45) is -2.59. The maximum Gasteiger partial charge on any atom is 0.342 e. The summed E-state index contributed by atoms with van der Waals surface area (Å²) in [6, 6.07) is 3.14. The van der Waals surface area contributed by atoms with Crippen molar-refractivity contribution in [2.45, 2.75) is 58.3 Å². The number of aromatic hydroxyl groups is 1. The summed E-state index contributed by atoms with van der Waals surface area (Å²) in [7, 11) is 0. The maximum atomic E-state index is 14.2. The van der Waals surface area contributed by atoms with Gasteiger partial charge in [-0.15, -0.1) is 0 Å². The lowest BCUT2D eigenvalue weighted by Crippen LogP contribution is -2.35. The van der Waals surface area contributed by atoms with Gasteiger partial charge in [-0.2, -0.15) is 0 Å². The Morgan fingerprint density at radius 1 is 1.24 bits per heavy atom. The van der Waals surface area contributed by atoms with Crippen molar-refractivity contribution in [1.82, 2.24) is 0 Å². The molecule has 0 amide bonds. The zero-order chi connectivity index (χ0) is 21.7. The first kappa shape index (κ1) is 22.8. The molecule has 1 aliphatic heterocycles. The first-order chi connectivity index (χ1) is 13.6. The van der Waals surface area contributed by atoms with Gasteiger partial charge < -0.3 is 25.4 Å². The van der Waals surface area contributed by atoms with Crippen LogP contribution in [-0.4, -0.2) is 51.9 Å². The highest BCUT2D eigenvalue weighted by Gasteiger charge is 2.30. The number of carbonyl (C=O) groups excluding carboxylic acids is 2. The largest absolute Gasteiger partial charge is 0.507 e. The highest BCUT2D eigenvalue weighted by Crippen LogP contribution is 2.30. The molecule has 8 heteroatoms. The molecule has 1 aromatic rings. The third-order valence-corrected chi connectivity index (χ3v) is 5.04. The molecule has 4 atom stereocenters. The smallest absolute Gasteiger partial charge is 0.342 e. The molecule has 0 aliphatic carbocycles. The highest BCUT2D eigenvalue weighted by atomic mass is 19.1. The predicted molar refractivity (Wildman–Crippen MR) is 105 cm³/mol. The van der Waals surface area contributed by atoms with Crippen molar-refractivity contribution >= 4 is 17.4 Å². The average Bonchev–Trinajstić information content (AvgIpc) is 2.65. The van der Waals surface area contributed by atoms with E-state index in [4.69, 9.17) is 4.74 Å². The molecule has 0 spiro atoms. The Bertz CT molecular complexity index is 794. The van der Waals surface area contributed by atoms with E-state index in [1.807, 2.05) is 6.92 Å². The number of aryl methyl sites for hydroxylation is 1. The van der Waals surface area contributed by atoms with Crippen LogP contribution < -0.4 is 5.32 Å². The van der Waals surface area contributed by atoms with Gasteiger partial charge in [0.05, 0.1) is 6.10 Å². The molecule has 0 bridgehead atoms. The maximum absolute atomic E-state index is 14.2. The second-order valence-corrected chi connectivity index (χ2v) is 7.31. The second-order valence-electron chi connectivity index (χ2n) is 7.31. The van der Waals surface area contributed by atoms with Gasteiger partial charge in [0.2, 0.25) is 5.78 Å². The number of hydrogen-bond donors (Lipinski definition) is 4. The van der Waals surface area contributed by atoms with Crippen LogP contribution in [0.3, 0.4) is 0 Å². The van der Waals surface area contributed by atoms with Crippen molar-refractivity contribution in [3.05, 3.63) is 35.2 Å². The molecule has 1 aliphatic rings. The number of fused-ring (bicyclic) bond motifs is 1. The Kier molecular flexibility index (Phi) is 7.75. The van der Waals surface area contributed by atoms with Crippen LogP contribution in [-0.2, 0) is 16.0 Å². The fraction of sp³-hybridized carbons (Fsp3) is 0.524. The van der Waals surface area contributed by atoms with E-state index < -0.39 is 41.8 Å². The number of Topliss-reactive ketones (excluding diaryl/α,β-unsaturated/α-hetero) is 1. The van der Waals surface area contributed by atoms with E-state index in [-0.39, 0.29) is 30.6 Å². The number of esters is 1. The molecule has 1 aromatic carbocycles. The van der Waals surface area contributed by atoms with Crippen molar-refractivity contribution in [1.29, 1.82) is 0 Å². The highest BCUT2D eigenvalue weighted by molar-refractivity contribution is 5.97. The van der Waals surface area contributed by atoms with Crippen molar-refractivity contribution in [3.8, 4) is 5.75 Å². The minimum atomic E-state index is -1.87. The summed E-state index contributed by atoms with van der Waals surface area (Å²) in [6.45, 7) is 5.59. The molecule has 4 unspecified atom stereocenters. The van der Waals surface area contributed by atoms with E-state index in [0.717, 1.165) is 6.08 Å². The number of cyclic esters (lactones) is 1. The van der Waals surface area contributed by atoms with Gasteiger partial charge in [-0.3, -0.25) is 4.79 Å². The van der Waals surface area contributed by atoms with Gasteiger partial charge in [-0.1, -0.05) is 6.92 Å². The Morgan fingerprint density at radius 2 is 1.93 bits per heavy atom. The van der Waals surface area contributed by atoms with Gasteiger partial charge in [-0.25, -0.2) is 9.18 Å². The Balaban J connectivity index is 2.45. The molecule has 160 valence electrons. The number of rotatable bonds is 2. The summed E-state index contributed by atoms with van der Waals surface area (Å²) >= 11 is 0. The first-order valence-corrected chi connectivity index (χ1v) is 9.74. The van der Waals surface area contributed by atoms with Crippen LogP contribution in [0, 0.1) is 5.92 Å². The Labute approximate surface area is 169 Å². The number of aliphatic hydroxyl groups is 2. The van der Waals surface area contributed by atoms with Crippen LogP contribution in [0.4, 0.5) is 10.1 Å². The van der Waals surface area contributed by atoms with Gasteiger partial charge in [0.25, 0.3) is 0 Å². The van der Waals surface area contributed by atoms with E-state index in [1.54, 1.807) is 13.0 Å². The number of ketones is 1. The Hall–Kier alpha value is -2.45. The average molecular weight is 409 g/mol. The Morgan fingerprint density at radius 3 is 2.59 bits per heavy atom. The van der Waals surface area contributed by atoms with Crippen LogP contribution in [0.5, 0.6) is 5.75 Å². The number of phenolic OH excluding ortho intramolecular Hbond substituents is 1. The van der Waals surface area contributed by atoms with E-state index >= 15 is 0 Å². The second kappa shape index (κ2) is 9.84. The van der Waals surface area contributed by atoms with Crippen molar-refractivity contribution in [3.63, 3.8) is 0 Å². The van der Waals surface area contributed by atoms with Gasteiger partial charge in [0, 0.05) is 24.2 Å². The number of phenols is 1. The van der Waals surface area contributed by atoms with Crippen LogP contribution in [0.25, 0.3) is 0 Å². The van der Waals surface area contributed by atoms with Crippen LogP contribution in [0.2, 0.25) is 0 Å². The number of benzene rings is 1. The molecule has 2 rings (SSSR count). The standard InChI is InChI=1S/C21H28FNO6/c1-4-23-14-9-13-6-5-7-16(24)20(27)19(26)15(22)8-11(2)12(3)29-21(28)18(13)17(25)10-14/h8-12,16,20,23-25,27H,4-7H2,1-3H3/b15-8+. The summed E-state index contributed by atoms with van der Waals surface area (Å²) in [5.74, 6) is -4.07. The molecule has 0 saturated carbocycles. The lowest BCUT2D eigenvalue weighted by atomic mass is 9.95. The minimum Gasteiger partial charge on any atom is -0.507 e. The van der Waals surface area contributed by atoms with Crippen molar-refractivity contribution < 1.29 is 34.0 Å². The van der Waals surface area contributed by atoms with E-state index in [2.05, 4.69) is 5.32 Å². The third kappa shape index (κ3) is 5.55. The number of halogens is 1. The molecule has 7 nitrogen and oxygen atoms in total. The zero-order valence-electron chi connectivity index (χ0n) is 16.8. The van der Waals surface area contributed by atoms with Gasteiger partial charge in [0.15, 0.2) is 5.83 Å². The topological polar surface area (TPSA) is 116 Å². The van der Waals surface area contributed by atoms with Crippen LogP contribution in [0.1, 0.15) is 49.5 Å². The van der Waals surface area contributed by atoms with Gasteiger partial charge >= 0.3 is 5.97 Å². The third-order valence-electron chi connectivity index (χ3n) is 5.04. The molecule has 0 fully saturated rings. The normalized spacial score (nSPS) is 28.6. The van der Waals surface area contributed by atoms with Gasteiger partial charge in [-0.05, 0) is 50.8 Å². The monoisotopic (exact) mass is 409 g/mol. The fourth-order valence-corrected chi connectivity index (χ4v) is 3.18. The number of carbonyl (C=O) groups is 2. The van der Waals surface area contributed by atoms with E-state index in [9.17, 15) is 29.3 Å². The molecule has 0 saturated heterocycles. The quantitative estimate of drug-likeness (QED) is 0.555. The number of hydrogen-bond acceptors (Lipinski definition) is 7. The van der Waals surface area contributed by atoms with Crippen molar-refractivity contribution in [2.24, 2.45) is 5.92 Å². The number of ether oxygens (including phenoxy) is 1. The fourth-order valence-electron chi connectivity index (χ4n) is 3.18. The van der Waals surface area contributed by atoms with Gasteiger partial charge in [0.1, 0.15) is 23.5 Å². The minimum absolute atomic E-state index is 0.00677. The molecule has 29 heavy (non-hydrogen) atoms. The lowest BCUT2D eigenvalue weighted by Gasteiger charge is -2.22. The molecule has 4 N–H and O–H groups in total. The van der Waals surface area contributed by atoms with Crippen LogP contribution >= 0.6 is 0 Å². The number of anilines is 1. The molecular weight excluding hydrogens is 381 g/mol. The van der Waals surface area contributed by atoms with E-state index in [0.29, 0.717) is 17.8 Å². The molecule has 0 radical (unpaired) electrons. The SMILES string of the molecule is CCNc1cc(O)c2c(c1)CCCC(O)C(O)C(=O)/C(F)=C\C(C)C(C)OC2=O. The van der Waals surface area contributed by atoms with Crippen molar-refractivity contribution in [2.75, 3.05) is 11.9 Å². The zero-order valence-corrected chi connectivity index (χ0v) is 16.8.